The first-order valence-corrected chi connectivity index (χ1v) is 9.71. The Morgan fingerprint density at radius 1 is 1.28 bits per heavy atom. The number of non-ortho nitro benzene ring substituents is 1. The molecule has 0 aliphatic carbocycles. The number of ether oxygens (including phenoxy) is 1. The van der Waals surface area contributed by atoms with E-state index in [4.69, 9.17) is 4.74 Å². The quantitative estimate of drug-likeness (QED) is 0.341. The van der Waals surface area contributed by atoms with Crippen LogP contribution in [-0.4, -0.2) is 15.8 Å². The highest BCUT2D eigenvalue weighted by Gasteiger charge is 2.04. The summed E-state index contributed by atoms with van der Waals surface area (Å²) in [5.74, 6) is 0.441. The summed E-state index contributed by atoms with van der Waals surface area (Å²) < 4.78 is 5.75. The van der Waals surface area contributed by atoms with E-state index >= 15 is 0 Å². The van der Waals surface area contributed by atoms with Gasteiger partial charge in [-0.15, -0.1) is 11.3 Å². The molecule has 1 heterocycles. The Bertz CT molecular complexity index is 1030. The molecule has 2 aromatic carbocycles. The third-order valence-electron chi connectivity index (χ3n) is 3.95. The van der Waals surface area contributed by atoms with Crippen molar-refractivity contribution < 1.29 is 14.5 Å². The maximum absolute atomic E-state index is 12.0. The molecule has 0 saturated heterocycles. The normalized spacial score (nSPS) is 10.8. The monoisotopic (exact) mass is 409 g/mol. The number of amides is 1. The largest absolute Gasteiger partial charge is 0.487 e. The molecule has 0 spiro atoms. The zero-order chi connectivity index (χ0) is 20.6. The van der Waals surface area contributed by atoms with Crippen molar-refractivity contribution in [3.8, 4) is 5.75 Å². The Morgan fingerprint density at radius 2 is 2.07 bits per heavy atom. The van der Waals surface area contributed by atoms with Crippen molar-refractivity contribution >= 4 is 29.0 Å². The fourth-order valence-corrected chi connectivity index (χ4v) is 3.09. The zero-order valence-corrected chi connectivity index (χ0v) is 16.5. The van der Waals surface area contributed by atoms with Gasteiger partial charge in [0.15, 0.2) is 0 Å². The van der Waals surface area contributed by atoms with Gasteiger partial charge in [0.2, 0.25) is 5.91 Å². The summed E-state index contributed by atoms with van der Waals surface area (Å²) in [6.45, 7) is 2.64. The number of hydrogen-bond acceptors (Lipinski definition) is 6. The fraction of sp³-hybridized carbons (Fsp3) is 0.143. The van der Waals surface area contributed by atoms with Crippen molar-refractivity contribution in [2.24, 2.45) is 0 Å². The van der Waals surface area contributed by atoms with Crippen LogP contribution in [0, 0.1) is 17.0 Å². The van der Waals surface area contributed by atoms with Crippen molar-refractivity contribution in [1.82, 2.24) is 10.3 Å². The topological polar surface area (TPSA) is 94.4 Å². The predicted molar refractivity (Wildman–Crippen MR) is 112 cm³/mol. The maximum atomic E-state index is 12.0. The lowest BCUT2D eigenvalue weighted by Gasteiger charge is -2.05. The van der Waals surface area contributed by atoms with Crippen LogP contribution in [0.3, 0.4) is 0 Å². The smallest absolute Gasteiger partial charge is 0.269 e. The lowest BCUT2D eigenvalue weighted by Crippen LogP contribution is -2.20. The zero-order valence-electron chi connectivity index (χ0n) is 15.7. The molecule has 0 unspecified atom stereocenters. The number of hydrogen-bond donors (Lipinski definition) is 1. The van der Waals surface area contributed by atoms with Crippen LogP contribution < -0.4 is 10.1 Å². The van der Waals surface area contributed by atoms with Gasteiger partial charge in [0.05, 0.1) is 15.6 Å². The number of rotatable bonds is 8. The number of aryl methyl sites for hydroxylation is 1. The Labute approximate surface area is 171 Å². The van der Waals surface area contributed by atoms with Crippen LogP contribution >= 0.6 is 11.3 Å². The van der Waals surface area contributed by atoms with E-state index in [1.54, 1.807) is 29.5 Å². The predicted octanol–water partition coefficient (Wildman–Crippen LogP) is 4.27. The van der Waals surface area contributed by atoms with Crippen LogP contribution in [0.25, 0.3) is 6.08 Å². The lowest BCUT2D eigenvalue weighted by atomic mass is 10.2. The molecule has 29 heavy (non-hydrogen) atoms. The van der Waals surface area contributed by atoms with E-state index in [0.29, 0.717) is 12.4 Å². The van der Waals surface area contributed by atoms with E-state index < -0.39 is 4.92 Å². The Kier molecular flexibility index (Phi) is 6.70. The minimum atomic E-state index is -0.457. The molecule has 148 valence electrons. The van der Waals surface area contributed by atoms with Crippen LogP contribution in [0.1, 0.15) is 21.8 Å². The molecular formula is C21H19N3O4S. The molecule has 8 heteroatoms. The highest BCUT2D eigenvalue weighted by Crippen LogP contribution is 2.17. The summed E-state index contributed by atoms with van der Waals surface area (Å²) in [4.78, 5) is 26.6. The number of benzene rings is 2. The maximum Gasteiger partial charge on any atom is 0.269 e. The van der Waals surface area contributed by atoms with Crippen molar-refractivity contribution in [2.45, 2.75) is 20.1 Å². The second kappa shape index (κ2) is 9.61. The SMILES string of the molecule is Cc1nc(COc2cccc(C=CC(=O)NCc3ccc([N+](=O)[O-])cc3)c2)cs1. The number of thiazole rings is 1. The molecule has 0 atom stereocenters. The molecule has 0 saturated carbocycles. The molecule has 1 amide bonds. The van der Waals surface area contributed by atoms with Gasteiger partial charge in [-0.2, -0.15) is 0 Å². The third-order valence-corrected chi connectivity index (χ3v) is 4.77. The highest BCUT2D eigenvalue weighted by atomic mass is 32.1. The molecule has 0 radical (unpaired) electrons. The Balaban J connectivity index is 1.50. The van der Waals surface area contributed by atoms with Gasteiger partial charge in [0.25, 0.3) is 5.69 Å². The summed E-state index contributed by atoms with van der Waals surface area (Å²) in [5.41, 5.74) is 2.53. The van der Waals surface area contributed by atoms with Crippen LogP contribution in [0.5, 0.6) is 5.75 Å². The standard InChI is InChI=1S/C21H19N3O4S/c1-15-23-18(14-29-15)13-28-20-4-2-3-16(11-20)7-10-21(25)22-12-17-5-8-19(9-6-17)24(26)27/h2-11,14H,12-13H2,1H3,(H,22,25). The van der Waals surface area contributed by atoms with Gasteiger partial charge >= 0.3 is 0 Å². The van der Waals surface area contributed by atoms with Gasteiger partial charge in [-0.1, -0.05) is 24.3 Å². The highest BCUT2D eigenvalue weighted by molar-refractivity contribution is 7.09. The number of aromatic nitrogens is 1. The fourth-order valence-electron chi connectivity index (χ4n) is 2.50. The average Bonchev–Trinajstić information content (AvgIpc) is 3.15. The first kappa shape index (κ1) is 20.2. The van der Waals surface area contributed by atoms with E-state index in [1.807, 2.05) is 36.6 Å². The van der Waals surface area contributed by atoms with E-state index in [9.17, 15) is 14.9 Å². The molecule has 1 N–H and O–H groups in total. The lowest BCUT2D eigenvalue weighted by molar-refractivity contribution is -0.384. The molecule has 7 nitrogen and oxygen atoms in total. The second-order valence-electron chi connectivity index (χ2n) is 6.19. The second-order valence-corrected chi connectivity index (χ2v) is 7.26. The van der Waals surface area contributed by atoms with E-state index in [2.05, 4.69) is 10.3 Å². The molecule has 1 aromatic heterocycles. The Hall–Kier alpha value is -3.52. The van der Waals surface area contributed by atoms with Crippen molar-refractivity contribution in [3.63, 3.8) is 0 Å². The van der Waals surface area contributed by atoms with E-state index in [-0.39, 0.29) is 18.1 Å². The molecular weight excluding hydrogens is 390 g/mol. The van der Waals surface area contributed by atoms with Gasteiger partial charge in [-0.05, 0) is 36.3 Å². The molecule has 0 aliphatic heterocycles. The summed E-state index contributed by atoms with van der Waals surface area (Å²) in [6, 6.07) is 13.5. The number of nitrogens with one attached hydrogen (secondary N) is 1. The minimum Gasteiger partial charge on any atom is -0.487 e. The molecule has 3 aromatic rings. The van der Waals surface area contributed by atoms with Gasteiger partial charge in [-0.3, -0.25) is 14.9 Å². The third kappa shape index (κ3) is 6.25. The van der Waals surface area contributed by atoms with Gasteiger partial charge < -0.3 is 10.1 Å². The first-order chi connectivity index (χ1) is 14.0. The van der Waals surface area contributed by atoms with Crippen LogP contribution in [0.15, 0.2) is 60.0 Å². The minimum absolute atomic E-state index is 0.0204. The van der Waals surface area contributed by atoms with Crippen LogP contribution in [0.2, 0.25) is 0 Å². The number of nitro groups is 1. The number of carbonyl (C=O) groups excluding carboxylic acids is 1. The molecule has 0 fully saturated rings. The van der Waals surface area contributed by atoms with Crippen molar-refractivity contribution in [3.05, 3.63) is 91.9 Å². The van der Waals surface area contributed by atoms with Crippen molar-refractivity contribution in [1.29, 1.82) is 0 Å². The van der Waals surface area contributed by atoms with E-state index in [1.165, 1.54) is 18.2 Å². The van der Waals surface area contributed by atoms with Gasteiger partial charge in [-0.25, -0.2) is 4.98 Å². The molecule has 0 bridgehead atoms. The first-order valence-electron chi connectivity index (χ1n) is 8.83. The summed E-state index contributed by atoms with van der Waals surface area (Å²) in [7, 11) is 0. The summed E-state index contributed by atoms with van der Waals surface area (Å²) in [6.07, 6.45) is 3.14. The summed E-state index contributed by atoms with van der Waals surface area (Å²) in [5, 5.41) is 16.4. The van der Waals surface area contributed by atoms with Crippen molar-refractivity contribution in [2.75, 3.05) is 0 Å². The van der Waals surface area contributed by atoms with Crippen LogP contribution in [-0.2, 0) is 17.9 Å². The number of carbonyl (C=O) groups is 1. The Morgan fingerprint density at radius 3 is 2.76 bits per heavy atom. The summed E-state index contributed by atoms with van der Waals surface area (Å²) >= 11 is 1.58. The molecule has 3 rings (SSSR count). The van der Waals surface area contributed by atoms with Gasteiger partial charge in [0.1, 0.15) is 12.4 Å². The van der Waals surface area contributed by atoms with E-state index in [0.717, 1.165) is 21.8 Å². The number of nitrogens with zero attached hydrogens (tertiary/aromatic N) is 2. The molecule has 0 aliphatic rings. The average molecular weight is 409 g/mol. The van der Waals surface area contributed by atoms with Gasteiger partial charge in [0, 0.05) is 30.1 Å². The number of nitro benzene ring substituents is 1. The van der Waals surface area contributed by atoms with Crippen LogP contribution in [0.4, 0.5) is 5.69 Å².